The Morgan fingerprint density at radius 3 is 2.31 bits per heavy atom. The third kappa shape index (κ3) is 18.7. The number of aliphatic hydroxyl groups excluding tert-OH is 1. The van der Waals surface area contributed by atoms with Crippen LogP contribution in [0.25, 0.3) is 0 Å². The summed E-state index contributed by atoms with van der Waals surface area (Å²) >= 11 is 0. The number of ether oxygens (including phenoxy) is 1. The first-order valence-corrected chi connectivity index (χ1v) is 5.35. The SMILES string of the molecule is C=CC(=O)OCCC(N)O.COS(=O)(=O)O. The molecule has 0 aliphatic rings. The molecule has 0 saturated carbocycles. The second-order valence-corrected chi connectivity index (χ2v) is 3.51. The van der Waals surface area contributed by atoms with E-state index in [0.717, 1.165) is 13.2 Å². The lowest BCUT2D eigenvalue weighted by Gasteiger charge is -2.02. The highest BCUT2D eigenvalue weighted by molar-refractivity contribution is 7.80. The van der Waals surface area contributed by atoms with Crippen LogP contribution in [0, 0.1) is 0 Å². The van der Waals surface area contributed by atoms with Crippen LogP contribution in [0.1, 0.15) is 6.42 Å². The van der Waals surface area contributed by atoms with E-state index in [1.807, 2.05) is 0 Å². The second-order valence-electron chi connectivity index (χ2n) is 2.32. The van der Waals surface area contributed by atoms with E-state index < -0.39 is 22.6 Å². The summed E-state index contributed by atoms with van der Waals surface area (Å²) in [5.74, 6) is -0.499. The van der Waals surface area contributed by atoms with Crippen LogP contribution in [0.3, 0.4) is 0 Å². The summed E-state index contributed by atoms with van der Waals surface area (Å²) in [7, 11) is -3.29. The Bertz CT molecular complexity index is 298. The van der Waals surface area contributed by atoms with Crippen LogP contribution in [0.5, 0.6) is 0 Å². The molecule has 8 nitrogen and oxygen atoms in total. The molecule has 0 amide bonds. The third-order valence-corrected chi connectivity index (χ3v) is 1.46. The van der Waals surface area contributed by atoms with Gasteiger partial charge in [0.25, 0.3) is 0 Å². The fraction of sp³-hybridized carbons (Fsp3) is 0.571. The molecule has 0 aromatic rings. The van der Waals surface area contributed by atoms with Gasteiger partial charge in [-0.2, -0.15) is 8.42 Å². The van der Waals surface area contributed by atoms with Crippen LogP contribution < -0.4 is 5.73 Å². The van der Waals surface area contributed by atoms with Gasteiger partial charge in [-0.1, -0.05) is 6.58 Å². The van der Waals surface area contributed by atoms with Gasteiger partial charge < -0.3 is 15.6 Å². The molecule has 96 valence electrons. The van der Waals surface area contributed by atoms with Crippen molar-refractivity contribution >= 4 is 16.4 Å². The maximum Gasteiger partial charge on any atom is 0.397 e. The van der Waals surface area contributed by atoms with Crippen molar-refractivity contribution in [2.45, 2.75) is 12.6 Å². The van der Waals surface area contributed by atoms with Gasteiger partial charge in [0.2, 0.25) is 0 Å². The number of hydrogen-bond donors (Lipinski definition) is 3. The van der Waals surface area contributed by atoms with Crippen LogP contribution in [-0.2, 0) is 24.1 Å². The van der Waals surface area contributed by atoms with Gasteiger partial charge in [-0.25, -0.2) is 4.79 Å². The van der Waals surface area contributed by atoms with E-state index in [1.54, 1.807) is 0 Å². The monoisotopic (exact) mass is 257 g/mol. The van der Waals surface area contributed by atoms with Crippen molar-refractivity contribution in [2.24, 2.45) is 5.73 Å². The molecule has 0 bridgehead atoms. The number of rotatable bonds is 5. The lowest BCUT2D eigenvalue weighted by Crippen LogP contribution is -2.21. The molecule has 0 spiro atoms. The molecule has 0 aliphatic heterocycles. The van der Waals surface area contributed by atoms with E-state index in [2.05, 4.69) is 15.5 Å². The first kappa shape index (κ1) is 17.4. The van der Waals surface area contributed by atoms with Crippen molar-refractivity contribution in [2.75, 3.05) is 13.7 Å². The molecule has 0 heterocycles. The first-order valence-electron chi connectivity index (χ1n) is 3.98. The zero-order chi connectivity index (χ0) is 13.2. The normalized spacial score (nSPS) is 12.0. The smallest absolute Gasteiger partial charge is 0.397 e. The minimum absolute atomic E-state index is 0.127. The van der Waals surface area contributed by atoms with Crippen molar-refractivity contribution in [3.8, 4) is 0 Å². The average Bonchev–Trinajstić information content (AvgIpc) is 2.17. The molecule has 1 atom stereocenters. The Morgan fingerprint density at radius 1 is 1.62 bits per heavy atom. The Balaban J connectivity index is 0. The summed E-state index contributed by atoms with van der Waals surface area (Å²) in [5.41, 5.74) is 4.96. The quantitative estimate of drug-likeness (QED) is 0.242. The largest absolute Gasteiger partial charge is 0.462 e. The van der Waals surface area contributed by atoms with E-state index in [9.17, 15) is 13.2 Å². The summed E-state index contributed by atoms with van der Waals surface area (Å²) in [4.78, 5) is 10.3. The summed E-state index contributed by atoms with van der Waals surface area (Å²) in [5, 5.41) is 8.50. The Kier molecular flexibility index (Phi) is 10.0. The van der Waals surface area contributed by atoms with Crippen molar-refractivity contribution in [3.63, 3.8) is 0 Å². The van der Waals surface area contributed by atoms with Crippen LogP contribution in [0.2, 0.25) is 0 Å². The second kappa shape index (κ2) is 9.24. The maximum absolute atomic E-state index is 10.3. The number of esters is 1. The van der Waals surface area contributed by atoms with Gasteiger partial charge in [-0.05, 0) is 0 Å². The highest BCUT2D eigenvalue weighted by Gasteiger charge is 1.98. The van der Waals surface area contributed by atoms with Gasteiger partial charge in [0.15, 0.2) is 0 Å². The Hall–Kier alpha value is -1.00. The lowest BCUT2D eigenvalue weighted by atomic mass is 10.4. The molecule has 0 radical (unpaired) electrons. The number of carbonyl (C=O) groups excluding carboxylic acids is 1. The summed E-state index contributed by atoms with van der Waals surface area (Å²) < 4.78 is 34.2. The van der Waals surface area contributed by atoms with Crippen LogP contribution >= 0.6 is 0 Å². The average molecular weight is 257 g/mol. The minimum atomic E-state index is -4.16. The van der Waals surface area contributed by atoms with Crippen LogP contribution in [-0.4, -0.2) is 44.0 Å². The molecule has 0 fully saturated rings. The van der Waals surface area contributed by atoms with E-state index in [4.69, 9.17) is 15.4 Å². The predicted molar refractivity (Wildman–Crippen MR) is 54.5 cm³/mol. The molecule has 0 aliphatic carbocycles. The van der Waals surface area contributed by atoms with Gasteiger partial charge in [0.05, 0.1) is 13.7 Å². The number of hydrogen-bond acceptors (Lipinski definition) is 7. The zero-order valence-electron chi connectivity index (χ0n) is 8.70. The summed E-state index contributed by atoms with van der Waals surface area (Å²) in [6.45, 7) is 3.32. The summed E-state index contributed by atoms with van der Waals surface area (Å²) in [6, 6.07) is 0. The Labute approximate surface area is 93.6 Å². The van der Waals surface area contributed by atoms with E-state index in [0.29, 0.717) is 0 Å². The van der Waals surface area contributed by atoms with Gasteiger partial charge in [0, 0.05) is 12.5 Å². The molecular weight excluding hydrogens is 242 g/mol. The van der Waals surface area contributed by atoms with Crippen molar-refractivity contribution < 1.29 is 31.8 Å². The molecule has 4 N–H and O–H groups in total. The van der Waals surface area contributed by atoms with Gasteiger partial charge >= 0.3 is 16.4 Å². The fourth-order valence-electron chi connectivity index (χ4n) is 0.339. The number of carbonyl (C=O) groups is 1. The van der Waals surface area contributed by atoms with Gasteiger partial charge in [-0.15, -0.1) is 0 Å². The van der Waals surface area contributed by atoms with Crippen molar-refractivity contribution in [1.29, 1.82) is 0 Å². The fourth-order valence-corrected chi connectivity index (χ4v) is 0.339. The van der Waals surface area contributed by atoms with Crippen LogP contribution in [0.4, 0.5) is 0 Å². The topological polar surface area (TPSA) is 136 Å². The molecule has 1 unspecified atom stereocenters. The van der Waals surface area contributed by atoms with E-state index >= 15 is 0 Å². The molecular formula is C7H15NO7S. The predicted octanol–water partition coefficient (Wildman–Crippen LogP) is -1.18. The first-order chi connectivity index (χ1) is 7.22. The molecule has 0 rings (SSSR count). The third-order valence-electron chi connectivity index (χ3n) is 1.04. The highest BCUT2D eigenvalue weighted by Crippen LogP contribution is 1.86. The summed E-state index contributed by atoms with van der Waals surface area (Å²) in [6.07, 6.45) is 0.389. The van der Waals surface area contributed by atoms with E-state index in [-0.39, 0.29) is 13.0 Å². The number of nitrogens with two attached hydrogens (primary N) is 1. The Morgan fingerprint density at radius 2 is 2.06 bits per heavy atom. The van der Waals surface area contributed by atoms with Gasteiger partial charge in [0.1, 0.15) is 6.23 Å². The standard InChI is InChI=1S/C6H11NO3.CH4O4S/c1-2-6(9)10-4-3-5(7)8;1-5-6(2,3)4/h2,5,8H,1,3-4,7H2;1H3,(H,2,3,4). The number of aliphatic hydroxyl groups is 1. The van der Waals surface area contributed by atoms with E-state index in [1.165, 1.54) is 0 Å². The van der Waals surface area contributed by atoms with Crippen molar-refractivity contribution in [3.05, 3.63) is 12.7 Å². The van der Waals surface area contributed by atoms with Crippen LogP contribution in [0.15, 0.2) is 12.7 Å². The zero-order valence-corrected chi connectivity index (χ0v) is 9.51. The molecule has 9 heteroatoms. The molecule has 0 aromatic carbocycles. The molecule has 0 saturated heterocycles. The van der Waals surface area contributed by atoms with Crippen molar-refractivity contribution in [1.82, 2.24) is 0 Å². The minimum Gasteiger partial charge on any atom is -0.462 e. The molecule has 16 heavy (non-hydrogen) atoms. The van der Waals surface area contributed by atoms with Gasteiger partial charge in [-0.3, -0.25) is 8.74 Å². The lowest BCUT2D eigenvalue weighted by molar-refractivity contribution is -0.138. The maximum atomic E-state index is 10.3. The highest BCUT2D eigenvalue weighted by atomic mass is 32.3. The molecule has 0 aromatic heterocycles.